The molecule has 2 aromatic carbocycles. The van der Waals surface area contributed by atoms with Crippen molar-refractivity contribution < 1.29 is 9.53 Å². The van der Waals surface area contributed by atoms with Gasteiger partial charge < -0.3 is 15.0 Å². The molecule has 3 rings (SSSR count). The maximum atomic E-state index is 12.7. The van der Waals surface area contributed by atoms with Gasteiger partial charge in [-0.15, -0.1) is 0 Å². The number of rotatable bonds is 7. The number of amides is 1. The molecule has 2 atom stereocenters. The molecular formula is C22H28N2O2. The first-order valence-corrected chi connectivity index (χ1v) is 9.46. The molecule has 0 radical (unpaired) electrons. The van der Waals surface area contributed by atoms with Crippen LogP contribution < -0.4 is 5.32 Å². The average molecular weight is 352 g/mol. The Morgan fingerprint density at radius 3 is 2.50 bits per heavy atom. The number of hydrogen-bond donors (Lipinski definition) is 1. The maximum Gasteiger partial charge on any atom is 0.410 e. The first-order chi connectivity index (χ1) is 12.7. The van der Waals surface area contributed by atoms with Gasteiger partial charge in [-0.1, -0.05) is 67.6 Å². The zero-order chi connectivity index (χ0) is 18.2. The Kier molecular flexibility index (Phi) is 6.67. The highest BCUT2D eigenvalue weighted by Crippen LogP contribution is 2.18. The minimum absolute atomic E-state index is 0.231. The van der Waals surface area contributed by atoms with E-state index in [0.29, 0.717) is 25.7 Å². The molecule has 138 valence electrons. The smallest absolute Gasteiger partial charge is 0.410 e. The lowest BCUT2D eigenvalue weighted by molar-refractivity contribution is 0.0913. The van der Waals surface area contributed by atoms with Crippen molar-refractivity contribution in [3.8, 4) is 0 Å². The van der Waals surface area contributed by atoms with Crippen LogP contribution in [-0.2, 0) is 11.3 Å². The Hall–Kier alpha value is -2.33. The summed E-state index contributed by atoms with van der Waals surface area (Å²) in [5, 5.41) is 3.48. The number of carbonyl (C=O) groups excluding carboxylic acids is 1. The first-order valence-electron chi connectivity index (χ1n) is 9.46. The second-order valence-electron chi connectivity index (χ2n) is 7.05. The van der Waals surface area contributed by atoms with E-state index in [4.69, 9.17) is 4.74 Å². The molecule has 0 spiro atoms. The Bertz CT molecular complexity index is 669. The largest absolute Gasteiger partial charge is 0.445 e. The number of nitrogens with zero attached hydrogens (tertiary/aromatic N) is 1. The van der Waals surface area contributed by atoms with Gasteiger partial charge in [-0.3, -0.25) is 0 Å². The molecule has 0 aromatic heterocycles. The van der Waals surface area contributed by atoms with Crippen molar-refractivity contribution >= 4 is 6.09 Å². The summed E-state index contributed by atoms with van der Waals surface area (Å²) < 4.78 is 5.60. The van der Waals surface area contributed by atoms with Crippen LogP contribution in [-0.4, -0.2) is 36.7 Å². The van der Waals surface area contributed by atoms with E-state index in [-0.39, 0.29) is 12.0 Å². The molecule has 1 saturated heterocycles. The number of benzene rings is 2. The van der Waals surface area contributed by atoms with Gasteiger partial charge >= 0.3 is 6.09 Å². The van der Waals surface area contributed by atoms with E-state index in [1.54, 1.807) is 0 Å². The van der Waals surface area contributed by atoms with Crippen LogP contribution in [0.2, 0.25) is 0 Å². The minimum Gasteiger partial charge on any atom is -0.445 e. The molecule has 2 aromatic rings. The Morgan fingerprint density at radius 1 is 1.15 bits per heavy atom. The summed E-state index contributed by atoms with van der Waals surface area (Å²) in [6.45, 7) is 4.87. The molecule has 1 fully saturated rings. The van der Waals surface area contributed by atoms with Crippen molar-refractivity contribution in [1.29, 1.82) is 0 Å². The standard InChI is InChI=1S/C22H28N2O2/c1-18(20-11-6-3-7-12-20)15-24(16-21-13-8-14-23-21)22(25)26-17-19-9-4-2-5-10-19/h2-7,9-12,18,21,23H,8,13-17H2,1H3/t18-,21+/m1/s1. The third-order valence-electron chi connectivity index (χ3n) is 4.93. The monoisotopic (exact) mass is 352 g/mol. The maximum absolute atomic E-state index is 12.7. The van der Waals surface area contributed by atoms with Gasteiger partial charge in [-0.2, -0.15) is 0 Å². The van der Waals surface area contributed by atoms with Gasteiger partial charge in [0.1, 0.15) is 6.61 Å². The highest BCUT2D eigenvalue weighted by Gasteiger charge is 2.24. The van der Waals surface area contributed by atoms with Crippen LogP contribution >= 0.6 is 0 Å². The molecule has 4 heteroatoms. The van der Waals surface area contributed by atoms with Crippen molar-refractivity contribution in [3.05, 3.63) is 71.8 Å². The molecule has 26 heavy (non-hydrogen) atoms. The molecule has 1 heterocycles. The van der Waals surface area contributed by atoms with Crippen molar-refractivity contribution in [2.45, 2.75) is 38.3 Å². The van der Waals surface area contributed by atoms with E-state index >= 15 is 0 Å². The van der Waals surface area contributed by atoms with E-state index in [1.807, 2.05) is 53.4 Å². The molecule has 1 aliphatic rings. The van der Waals surface area contributed by atoms with Gasteiger partial charge in [-0.05, 0) is 36.4 Å². The summed E-state index contributed by atoms with van der Waals surface area (Å²) in [5.41, 5.74) is 2.25. The van der Waals surface area contributed by atoms with Crippen LogP contribution in [0.1, 0.15) is 36.8 Å². The van der Waals surface area contributed by atoms with Crippen LogP contribution in [0.4, 0.5) is 4.79 Å². The topological polar surface area (TPSA) is 41.6 Å². The normalized spacial score (nSPS) is 17.7. The predicted molar refractivity (Wildman–Crippen MR) is 104 cm³/mol. The Morgan fingerprint density at radius 2 is 1.85 bits per heavy atom. The zero-order valence-corrected chi connectivity index (χ0v) is 15.4. The molecule has 4 nitrogen and oxygen atoms in total. The van der Waals surface area contributed by atoms with Crippen molar-refractivity contribution in [2.24, 2.45) is 0 Å². The van der Waals surface area contributed by atoms with Gasteiger partial charge in [0.15, 0.2) is 0 Å². The molecule has 1 N–H and O–H groups in total. The van der Waals surface area contributed by atoms with E-state index in [9.17, 15) is 4.79 Å². The molecule has 1 aliphatic heterocycles. The Labute approximate surface area is 156 Å². The summed E-state index contributed by atoms with van der Waals surface area (Å²) in [5.74, 6) is 0.266. The summed E-state index contributed by atoms with van der Waals surface area (Å²) in [7, 11) is 0. The van der Waals surface area contributed by atoms with Crippen molar-refractivity contribution in [3.63, 3.8) is 0 Å². The van der Waals surface area contributed by atoms with E-state index in [1.165, 1.54) is 12.0 Å². The number of hydrogen-bond acceptors (Lipinski definition) is 3. The van der Waals surface area contributed by atoms with Crippen LogP contribution in [0, 0.1) is 0 Å². The third kappa shape index (κ3) is 5.33. The molecule has 0 aliphatic carbocycles. The van der Waals surface area contributed by atoms with Crippen LogP contribution in [0.15, 0.2) is 60.7 Å². The summed E-state index contributed by atoms with van der Waals surface area (Å²) in [4.78, 5) is 14.6. The van der Waals surface area contributed by atoms with Crippen LogP contribution in [0.5, 0.6) is 0 Å². The van der Waals surface area contributed by atoms with Crippen LogP contribution in [0.3, 0.4) is 0 Å². The Balaban J connectivity index is 1.62. The highest BCUT2D eigenvalue weighted by atomic mass is 16.6. The van der Waals surface area contributed by atoms with Crippen LogP contribution in [0.25, 0.3) is 0 Å². The van der Waals surface area contributed by atoms with Crippen molar-refractivity contribution in [1.82, 2.24) is 10.2 Å². The van der Waals surface area contributed by atoms with E-state index in [2.05, 4.69) is 24.4 Å². The molecule has 0 unspecified atom stereocenters. The van der Waals surface area contributed by atoms with Gasteiger partial charge in [0.25, 0.3) is 0 Å². The summed E-state index contributed by atoms with van der Waals surface area (Å²) >= 11 is 0. The van der Waals surface area contributed by atoms with Gasteiger partial charge in [0.05, 0.1) is 0 Å². The lowest BCUT2D eigenvalue weighted by Crippen LogP contribution is -2.43. The quantitative estimate of drug-likeness (QED) is 0.813. The van der Waals surface area contributed by atoms with Crippen molar-refractivity contribution in [2.75, 3.05) is 19.6 Å². The lowest BCUT2D eigenvalue weighted by atomic mass is 10.0. The molecule has 0 saturated carbocycles. The number of ether oxygens (including phenoxy) is 1. The fourth-order valence-corrected chi connectivity index (χ4v) is 3.43. The highest BCUT2D eigenvalue weighted by molar-refractivity contribution is 5.67. The van der Waals surface area contributed by atoms with E-state index in [0.717, 1.165) is 18.5 Å². The zero-order valence-electron chi connectivity index (χ0n) is 15.4. The number of carbonyl (C=O) groups is 1. The second-order valence-corrected chi connectivity index (χ2v) is 7.05. The average Bonchev–Trinajstić information content (AvgIpc) is 3.20. The fraction of sp³-hybridized carbons (Fsp3) is 0.409. The van der Waals surface area contributed by atoms with Gasteiger partial charge in [0.2, 0.25) is 0 Å². The van der Waals surface area contributed by atoms with Gasteiger partial charge in [-0.25, -0.2) is 4.79 Å². The number of nitrogens with one attached hydrogen (secondary N) is 1. The SMILES string of the molecule is C[C@H](CN(C[C@@H]1CCCN1)C(=O)OCc1ccccc1)c1ccccc1. The molecular weight excluding hydrogens is 324 g/mol. The van der Waals surface area contributed by atoms with Gasteiger partial charge in [0, 0.05) is 19.1 Å². The lowest BCUT2D eigenvalue weighted by Gasteiger charge is -2.28. The predicted octanol–water partition coefficient (Wildman–Crippen LogP) is 4.18. The minimum atomic E-state index is -0.231. The summed E-state index contributed by atoms with van der Waals surface area (Å²) in [6.07, 6.45) is 2.05. The molecule has 1 amide bonds. The summed E-state index contributed by atoms with van der Waals surface area (Å²) in [6, 6.07) is 20.5. The second kappa shape index (κ2) is 9.39. The molecule has 0 bridgehead atoms. The first kappa shape index (κ1) is 18.5. The van der Waals surface area contributed by atoms with E-state index < -0.39 is 0 Å². The third-order valence-corrected chi connectivity index (χ3v) is 4.93. The fourth-order valence-electron chi connectivity index (χ4n) is 3.43.